The number of aromatic nitrogens is 1. The van der Waals surface area contributed by atoms with E-state index in [0.29, 0.717) is 29.7 Å². The van der Waals surface area contributed by atoms with Crippen LogP contribution in [0.1, 0.15) is 16.9 Å². The Kier molecular flexibility index (Phi) is 3.14. The van der Waals surface area contributed by atoms with Crippen LogP contribution in [0.2, 0.25) is 0 Å². The standard InChI is InChI=1S/C13H15N3O4S/c1-20-8-3-4-10-9(7-8)12(11(15-10)13(14)17)21(18,19)16-5-2-6-16/h3-4,7,15H,2,5-6H2,1H3,(H2,14,17). The van der Waals surface area contributed by atoms with Gasteiger partial charge in [0.1, 0.15) is 16.3 Å². The SMILES string of the molecule is COc1ccc2[nH]c(C(N)=O)c(S(=O)(=O)N3CCC3)c2c1. The molecule has 0 unspecified atom stereocenters. The average Bonchev–Trinajstić information content (AvgIpc) is 2.74. The lowest BCUT2D eigenvalue weighted by atomic mass is 10.2. The predicted molar refractivity (Wildman–Crippen MR) is 76.7 cm³/mol. The second-order valence-electron chi connectivity index (χ2n) is 4.86. The Morgan fingerprint density at radius 1 is 1.38 bits per heavy atom. The van der Waals surface area contributed by atoms with Crippen molar-refractivity contribution in [2.75, 3.05) is 20.2 Å². The number of H-pyrrole nitrogens is 1. The molecule has 0 spiro atoms. The number of hydrogen-bond donors (Lipinski definition) is 2. The lowest BCUT2D eigenvalue weighted by molar-refractivity contribution is 0.0993. The molecule has 3 N–H and O–H groups in total. The second kappa shape index (κ2) is 4.74. The summed E-state index contributed by atoms with van der Waals surface area (Å²) in [5.41, 5.74) is 5.76. The molecular weight excluding hydrogens is 294 g/mol. The number of aromatic amines is 1. The van der Waals surface area contributed by atoms with E-state index in [2.05, 4.69) is 4.98 Å². The molecule has 1 saturated heterocycles. The number of carbonyl (C=O) groups excluding carboxylic acids is 1. The minimum Gasteiger partial charge on any atom is -0.497 e. The van der Waals surface area contributed by atoms with Crippen LogP contribution in [0.15, 0.2) is 23.1 Å². The number of nitrogens with zero attached hydrogens (tertiary/aromatic N) is 1. The van der Waals surface area contributed by atoms with Gasteiger partial charge in [-0.05, 0) is 24.6 Å². The average molecular weight is 309 g/mol. The highest BCUT2D eigenvalue weighted by Gasteiger charge is 2.35. The molecule has 0 bridgehead atoms. The summed E-state index contributed by atoms with van der Waals surface area (Å²) < 4.78 is 31.8. The van der Waals surface area contributed by atoms with Gasteiger partial charge in [0.25, 0.3) is 5.91 Å². The Hall–Kier alpha value is -2.06. The maximum atomic E-state index is 12.7. The monoisotopic (exact) mass is 309 g/mol. The summed E-state index contributed by atoms with van der Waals surface area (Å²) in [5, 5.41) is 0.412. The summed E-state index contributed by atoms with van der Waals surface area (Å²) >= 11 is 0. The van der Waals surface area contributed by atoms with Crippen molar-refractivity contribution >= 4 is 26.8 Å². The van der Waals surface area contributed by atoms with Gasteiger partial charge < -0.3 is 15.5 Å². The number of fused-ring (bicyclic) bond motifs is 1. The van der Waals surface area contributed by atoms with Crippen LogP contribution in [0.25, 0.3) is 10.9 Å². The quantitative estimate of drug-likeness (QED) is 0.865. The van der Waals surface area contributed by atoms with E-state index >= 15 is 0 Å². The van der Waals surface area contributed by atoms with Gasteiger partial charge in [0, 0.05) is 24.0 Å². The van der Waals surface area contributed by atoms with Crippen molar-refractivity contribution in [3.63, 3.8) is 0 Å². The molecule has 1 aliphatic rings. The van der Waals surface area contributed by atoms with Crippen LogP contribution >= 0.6 is 0 Å². The van der Waals surface area contributed by atoms with Crippen molar-refractivity contribution in [3.8, 4) is 5.75 Å². The van der Waals surface area contributed by atoms with Gasteiger partial charge in [0.05, 0.1) is 7.11 Å². The van der Waals surface area contributed by atoms with Crippen molar-refractivity contribution in [2.24, 2.45) is 5.73 Å². The zero-order chi connectivity index (χ0) is 15.2. The van der Waals surface area contributed by atoms with E-state index in [1.54, 1.807) is 18.2 Å². The molecule has 0 aliphatic carbocycles. The van der Waals surface area contributed by atoms with Crippen molar-refractivity contribution in [2.45, 2.75) is 11.3 Å². The molecule has 8 heteroatoms. The third-order valence-corrected chi connectivity index (χ3v) is 5.60. The number of amides is 1. The summed E-state index contributed by atoms with van der Waals surface area (Å²) in [6.07, 6.45) is 0.816. The van der Waals surface area contributed by atoms with E-state index in [9.17, 15) is 13.2 Å². The Bertz CT molecular complexity index is 821. The fourth-order valence-corrected chi connectivity index (χ4v) is 4.22. The summed E-state index contributed by atoms with van der Waals surface area (Å²) in [6.45, 7) is 0.911. The first-order valence-corrected chi connectivity index (χ1v) is 7.89. The lowest BCUT2D eigenvalue weighted by Crippen LogP contribution is -2.42. The largest absolute Gasteiger partial charge is 0.497 e. The maximum Gasteiger partial charge on any atom is 0.266 e. The smallest absolute Gasteiger partial charge is 0.266 e. The molecule has 1 aromatic carbocycles. The molecular formula is C13H15N3O4S. The van der Waals surface area contributed by atoms with Crippen LogP contribution in [0, 0.1) is 0 Å². The third-order valence-electron chi connectivity index (χ3n) is 3.62. The van der Waals surface area contributed by atoms with Gasteiger partial charge in [-0.3, -0.25) is 4.79 Å². The number of sulfonamides is 1. The molecule has 0 radical (unpaired) electrons. The highest BCUT2D eigenvalue weighted by Crippen LogP contribution is 2.33. The molecule has 112 valence electrons. The first kappa shape index (κ1) is 13.9. The molecule has 21 heavy (non-hydrogen) atoms. The topological polar surface area (TPSA) is 105 Å². The second-order valence-corrected chi connectivity index (χ2v) is 6.74. The van der Waals surface area contributed by atoms with Gasteiger partial charge in [-0.15, -0.1) is 0 Å². The van der Waals surface area contributed by atoms with Crippen LogP contribution in [0.4, 0.5) is 0 Å². The molecule has 2 aromatic rings. The number of hydrogen-bond acceptors (Lipinski definition) is 4. The number of rotatable bonds is 4. The Balaban J connectivity index is 2.31. The van der Waals surface area contributed by atoms with Crippen molar-refractivity contribution in [3.05, 3.63) is 23.9 Å². The molecule has 0 atom stereocenters. The van der Waals surface area contributed by atoms with Gasteiger partial charge in [-0.2, -0.15) is 4.31 Å². The molecule has 1 amide bonds. The molecule has 0 saturated carbocycles. The fourth-order valence-electron chi connectivity index (χ4n) is 2.37. The minimum absolute atomic E-state index is 0.0661. The highest BCUT2D eigenvalue weighted by atomic mass is 32.2. The molecule has 1 aliphatic heterocycles. The molecule has 2 heterocycles. The Morgan fingerprint density at radius 2 is 2.10 bits per heavy atom. The maximum absolute atomic E-state index is 12.7. The van der Waals surface area contributed by atoms with Gasteiger partial charge in [-0.25, -0.2) is 8.42 Å². The van der Waals surface area contributed by atoms with E-state index in [1.807, 2.05) is 0 Å². The number of primary amides is 1. The minimum atomic E-state index is -3.74. The number of carbonyl (C=O) groups is 1. The van der Waals surface area contributed by atoms with Crippen LogP contribution in [-0.2, 0) is 10.0 Å². The van der Waals surface area contributed by atoms with Crippen molar-refractivity contribution < 1.29 is 17.9 Å². The number of nitrogens with two attached hydrogens (primary N) is 1. The van der Waals surface area contributed by atoms with Crippen LogP contribution in [-0.4, -0.2) is 43.8 Å². The first-order valence-electron chi connectivity index (χ1n) is 6.45. The zero-order valence-electron chi connectivity index (χ0n) is 11.4. The zero-order valence-corrected chi connectivity index (χ0v) is 12.2. The number of nitrogens with one attached hydrogen (secondary N) is 1. The van der Waals surface area contributed by atoms with Gasteiger partial charge in [-0.1, -0.05) is 0 Å². The van der Waals surface area contributed by atoms with Gasteiger partial charge >= 0.3 is 0 Å². The fraction of sp³-hybridized carbons (Fsp3) is 0.308. The van der Waals surface area contributed by atoms with Gasteiger partial charge in [0.15, 0.2) is 0 Å². The summed E-state index contributed by atoms with van der Waals surface area (Å²) in [5.74, 6) is -0.290. The van der Waals surface area contributed by atoms with Gasteiger partial charge in [0.2, 0.25) is 10.0 Å². The number of methoxy groups -OCH3 is 1. The molecule has 7 nitrogen and oxygen atoms in total. The molecule has 3 rings (SSSR count). The number of benzene rings is 1. The summed E-state index contributed by atoms with van der Waals surface area (Å²) in [4.78, 5) is 14.3. The van der Waals surface area contributed by atoms with Crippen LogP contribution in [0.3, 0.4) is 0 Å². The third kappa shape index (κ3) is 2.07. The van der Waals surface area contributed by atoms with Crippen LogP contribution in [0.5, 0.6) is 5.75 Å². The van der Waals surface area contributed by atoms with E-state index in [-0.39, 0.29) is 10.6 Å². The Labute approximate surface area is 121 Å². The highest BCUT2D eigenvalue weighted by molar-refractivity contribution is 7.89. The normalized spacial score (nSPS) is 15.9. The van der Waals surface area contributed by atoms with E-state index < -0.39 is 15.9 Å². The van der Waals surface area contributed by atoms with E-state index in [4.69, 9.17) is 10.5 Å². The van der Waals surface area contributed by atoms with Crippen molar-refractivity contribution in [1.29, 1.82) is 0 Å². The summed E-state index contributed by atoms with van der Waals surface area (Å²) in [6, 6.07) is 4.93. The van der Waals surface area contributed by atoms with Crippen LogP contribution < -0.4 is 10.5 Å². The molecule has 1 aromatic heterocycles. The summed E-state index contributed by atoms with van der Waals surface area (Å²) in [7, 11) is -2.25. The first-order chi connectivity index (χ1) is 9.95. The lowest BCUT2D eigenvalue weighted by Gasteiger charge is -2.29. The van der Waals surface area contributed by atoms with Crippen molar-refractivity contribution in [1.82, 2.24) is 9.29 Å². The Morgan fingerprint density at radius 3 is 2.62 bits per heavy atom. The number of ether oxygens (including phenoxy) is 1. The van der Waals surface area contributed by atoms with E-state index in [0.717, 1.165) is 6.42 Å². The van der Waals surface area contributed by atoms with E-state index in [1.165, 1.54) is 11.4 Å². The molecule has 1 fully saturated rings. The predicted octanol–water partition coefficient (Wildman–Crippen LogP) is 0.670.